The smallest absolute Gasteiger partial charge is 0.224 e. The second kappa shape index (κ2) is 7.58. The van der Waals surface area contributed by atoms with Crippen molar-refractivity contribution >= 4 is 17.7 Å². The van der Waals surface area contributed by atoms with Gasteiger partial charge in [0.2, 0.25) is 5.91 Å². The number of nitrogens with one attached hydrogen (secondary N) is 1. The Morgan fingerprint density at radius 3 is 2.55 bits per heavy atom. The molecule has 0 fully saturated rings. The van der Waals surface area contributed by atoms with Crippen LogP contribution in [0.3, 0.4) is 0 Å². The molecule has 0 heterocycles. The monoisotopic (exact) mass is 295 g/mol. The first-order chi connectivity index (χ1) is 9.38. The summed E-state index contributed by atoms with van der Waals surface area (Å²) in [6.45, 7) is 7.28. The van der Waals surface area contributed by atoms with Crippen molar-refractivity contribution in [3.8, 4) is 5.75 Å². The van der Waals surface area contributed by atoms with Gasteiger partial charge < -0.3 is 10.1 Å². The van der Waals surface area contributed by atoms with Crippen molar-refractivity contribution in [1.82, 2.24) is 5.32 Å². The molecular formula is C16H25NO2S. The topological polar surface area (TPSA) is 38.3 Å². The molecule has 0 aliphatic heterocycles. The lowest BCUT2D eigenvalue weighted by atomic mass is 9.91. The first kappa shape index (κ1) is 16.9. The lowest BCUT2D eigenvalue weighted by Gasteiger charge is -2.29. The number of methoxy groups -OCH3 is 1. The summed E-state index contributed by atoms with van der Waals surface area (Å²) in [5.74, 6) is 0.803. The van der Waals surface area contributed by atoms with Gasteiger partial charge in [0.1, 0.15) is 5.75 Å². The second-order valence-electron chi connectivity index (χ2n) is 5.88. The molecule has 1 amide bonds. The Hall–Kier alpha value is -1.16. The standard InChI is InChI=1S/C16H25NO2S/c1-16(2,3)14(20-5)11-17-15(18)10-12-8-6-7-9-13(12)19-4/h6-9,14H,10-11H2,1-5H3,(H,17,18). The molecule has 0 aliphatic carbocycles. The zero-order valence-electron chi connectivity index (χ0n) is 13.0. The third-order valence-electron chi connectivity index (χ3n) is 3.28. The van der Waals surface area contributed by atoms with Crippen LogP contribution in [-0.4, -0.2) is 31.1 Å². The molecule has 0 aromatic heterocycles. The molecule has 1 aromatic rings. The molecule has 112 valence electrons. The van der Waals surface area contributed by atoms with E-state index in [0.717, 1.165) is 11.3 Å². The predicted octanol–water partition coefficient (Wildman–Crippen LogP) is 3.13. The van der Waals surface area contributed by atoms with E-state index in [4.69, 9.17) is 4.74 Å². The minimum atomic E-state index is 0.0396. The van der Waals surface area contributed by atoms with Crippen molar-refractivity contribution in [2.24, 2.45) is 5.41 Å². The Bertz CT molecular complexity index is 440. The van der Waals surface area contributed by atoms with Crippen molar-refractivity contribution in [2.75, 3.05) is 19.9 Å². The summed E-state index contributed by atoms with van der Waals surface area (Å²) in [6, 6.07) is 7.63. The van der Waals surface area contributed by atoms with E-state index in [1.54, 1.807) is 18.9 Å². The maximum Gasteiger partial charge on any atom is 0.224 e. The summed E-state index contributed by atoms with van der Waals surface area (Å²) in [5.41, 5.74) is 1.10. The molecule has 0 saturated carbocycles. The number of benzene rings is 1. The van der Waals surface area contributed by atoms with Crippen LogP contribution in [-0.2, 0) is 11.2 Å². The summed E-state index contributed by atoms with van der Waals surface area (Å²) in [6.07, 6.45) is 2.44. The number of rotatable bonds is 6. The first-order valence-electron chi connectivity index (χ1n) is 6.80. The predicted molar refractivity (Wildman–Crippen MR) is 86.5 cm³/mol. The molecule has 1 N–H and O–H groups in total. The zero-order valence-corrected chi connectivity index (χ0v) is 13.8. The minimum Gasteiger partial charge on any atom is -0.496 e. The van der Waals surface area contributed by atoms with Gasteiger partial charge >= 0.3 is 0 Å². The average Bonchev–Trinajstić information content (AvgIpc) is 2.38. The summed E-state index contributed by atoms with van der Waals surface area (Å²) < 4.78 is 5.26. The van der Waals surface area contributed by atoms with Crippen molar-refractivity contribution in [3.63, 3.8) is 0 Å². The zero-order chi connectivity index (χ0) is 15.2. The van der Waals surface area contributed by atoms with Crippen LogP contribution in [0.1, 0.15) is 26.3 Å². The van der Waals surface area contributed by atoms with Gasteiger partial charge in [-0.1, -0.05) is 39.0 Å². The fourth-order valence-electron chi connectivity index (χ4n) is 2.03. The van der Waals surface area contributed by atoms with E-state index in [9.17, 15) is 4.79 Å². The fraction of sp³-hybridized carbons (Fsp3) is 0.562. The van der Waals surface area contributed by atoms with E-state index in [0.29, 0.717) is 18.2 Å². The molecule has 0 saturated heterocycles. The minimum absolute atomic E-state index is 0.0396. The molecule has 0 bridgehead atoms. The number of amides is 1. The molecule has 4 heteroatoms. The highest BCUT2D eigenvalue weighted by molar-refractivity contribution is 7.99. The van der Waals surface area contributed by atoms with Crippen molar-refractivity contribution < 1.29 is 9.53 Å². The van der Waals surface area contributed by atoms with Crippen LogP contribution in [0.5, 0.6) is 5.75 Å². The lowest BCUT2D eigenvalue weighted by molar-refractivity contribution is -0.120. The van der Waals surface area contributed by atoms with Crippen LogP contribution < -0.4 is 10.1 Å². The fourth-order valence-corrected chi connectivity index (χ4v) is 2.99. The van der Waals surface area contributed by atoms with E-state index in [1.165, 1.54) is 0 Å². The van der Waals surface area contributed by atoms with Crippen LogP contribution in [0, 0.1) is 5.41 Å². The van der Waals surface area contributed by atoms with E-state index in [2.05, 4.69) is 32.3 Å². The van der Waals surface area contributed by atoms with Gasteiger partial charge in [0.25, 0.3) is 0 Å². The highest BCUT2D eigenvalue weighted by atomic mass is 32.2. The summed E-state index contributed by atoms with van der Waals surface area (Å²) in [4.78, 5) is 12.1. The van der Waals surface area contributed by atoms with Gasteiger partial charge in [-0.25, -0.2) is 0 Å². The SMILES string of the molecule is COc1ccccc1CC(=O)NCC(SC)C(C)(C)C. The van der Waals surface area contributed by atoms with Gasteiger partial charge in [0, 0.05) is 17.4 Å². The molecule has 1 atom stereocenters. The second-order valence-corrected chi connectivity index (χ2v) is 6.92. The van der Waals surface area contributed by atoms with Gasteiger partial charge in [-0.2, -0.15) is 11.8 Å². The van der Waals surface area contributed by atoms with E-state index < -0.39 is 0 Å². The van der Waals surface area contributed by atoms with Crippen LogP contribution in [0.25, 0.3) is 0 Å². The van der Waals surface area contributed by atoms with Gasteiger partial charge in [-0.05, 0) is 17.7 Å². The Balaban J connectivity index is 2.56. The van der Waals surface area contributed by atoms with E-state index in [-0.39, 0.29) is 11.3 Å². The van der Waals surface area contributed by atoms with Crippen molar-refractivity contribution in [2.45, 2.75) is 32.4 Å². The number of hydrogen-bond acceptors (Lipinski definition) is 3. The number of para-hydroxylation sites is 1. The first-order valence-corrected chi connectivity index (χ1v) is 8.08. The molecule has 1 aromatic carbocycles. The van der Waals surface area contributed by atoms with E-state index in [1.807, 2.05) is 24.3 Å². The third kappa shape index (κ3) is 5.08. The average molecular weight is 295 g/mol. The van der Waals surface area contributed by atoms with Gasteiger partial charge in [-0.3, -0.25) is 4.79 Å². The highest BCUT2D eigenvalue weighted by Gasteiger charge is 2.24. The number of carbonyl (C=O) groups excluding carboxylic acids is 1. The number of carbonyl (C=O) groups is 1. The van der Waals surface area contributed by atoms with Gasteiger partial charge in [0.15, 0.2) is 0 Å². The Morgan fingerprint density at radius 1 is 1.35 bits per heavy atom. The Kier molecular flexibility index (Phi) is 6.40. The lowest BCUT2D eigenvalue weighted by Crippen LogP contribution is -2.37. The number of hydrogen-bond donors (Lipinski definition) is 1. The molecule has 0 spiro atoms. The summed E-state index contributed by atoms with van der Waals surface area (Å²) >= 11 is 1.79. The molecule has 1 rings (SSSR count). The molecule has 1 unspecified atom stereocenters. The molecule has 20 heavy (non-hydrogen) atoms. The summed E-state index contributed by atoms with van der Waals surface area (Å²) in [5, 5.41) is 3.43. The van der Waals surface area contributed by atoms with E-state index >= 15 is 0 Å². The molecular weight excluding hydrogens is 270 g/mol. The van der Waals surface area contributed by atoms with Crippen LogP contribution in [0.2, 0.25) is 0 Å². The largest absolute Gasteiger partial charge is 0.496 e. The summed E-state index contributed by atoms with van der Waals surface area (Å²) in [7, 11) is 1.63. The maximum atomic E-state index is 12.1. The Labute approximate surface area is 126 Å². The number of ether oxygens (including phenoxy) is 1. The molecule has 3 nitrogen and oxygen atoms in total. The highest BCUT2D eigenvalue weighted by Crippen LogP contribution is 2.28. The van der Waals surface area contributed by atoms with Crippen molar-refractivity contribution in [1.29, 1.82) is 0 Å². The van der Waals surface area contributed by atoms with Gasteiger partial charge in [0.05, 0.1) is 13.5 Å². The quantitative estimate of drug-likeness (QED) is 0.876. The number of thioether (sulfide) groups is 1. The molecule has 0 aliphatic rings. The molecule has 0 radical (unpaired) electrons. The normalized spacial score (nSPS) is 12.8. The Morgan fingerprint density at radius 2 is 2.00 bits per heavy atom. The van der Waals surface area contributed by atoms with Crippen LogP contribution in [0.4, 0.5) is 0 Å². The third-order valence-corrected chi connectivity index (χ3v) is 4.72. The van der Waals surface area contributed by atoms with Gasteiger partial charge in [-0.15, -0.1) is 0 Å². The van der Waals surface area contributed by atoms with Crippen LogP contribution >= 0.6 is 11.8 Å². The van der Waals surface area contributed by atoms with Crippen LogP contribution in [0.15, 0.2) is 24.3 Å². The maximum absolute atomic E-state index is 12.1. The van der Waals surface area contributed by atoms with Crippen molar-refractivity contribution in [3.05, 3.63) is 29.8 Å².